The second-order valence-corrected chi connectivity index (χ2v) is 7.22. The van der Waals surface area contributed by atoms with Crippen LogP contribution in [0.3, 0.4) is 0 Å². The highest BCUT2D eigenvalue weighted by Gasteiger charge is 2.12. The first-order chi connectivity index (χ1) is 12.0. The number of aromatic nitrogens is 1. The van der Waals surface area contributed by atoms with E-state index in [0.717, 1.165) is 44.4 Å². The van der Waals surface area contributed by atoms with E-state index in [-0.39, 0.29) is 24.0 Å². The summed E-state index contributed by atoms with van der Waals surface area (Å²) >= 11 is 12.2. The van der Waals surface area contributed by atoms with E-state index in [4.69, 9.17) is 23.2 Å². The van der Waals surface area contributed by atoms with Crippen LogP contribution in [0, 0.1) is 0 Å². The summed E-state index contributed by atoms with van der Waals surface area (Å²) in [4.78, 5) is 9.55. The number of hydrogen-bond acceptors (Lipinski definition) is 3. The lowest BCUT2D eigenvalue weighted by molar-refractivity contribution is 0.280. The molecule has 1 aliphatic heterocycles. The molecule has 0 amide bonds. The molecular formula is C17H31Cl2IN6. The van der Waals surface area contributed by atoms with Gasteiger partial charge in [0, 0.05) is 45.5 Å². The van der Waals surface area contributed by atoms with Crippen LogP contribution in [0.4, 0.5) is 0 Å². The van der Waals surface area contributed by atoms with Gasteiger partial charge in [0.15, 0.2) is 5.96 Å². The quantitative estimate of drug-likeness (QED) is 0.346. The summed E-state index contributed by atoms with van der Waals surface area (Å²) in [5.74, 6) is 0.822. The van der Waals surface area contributed by atoms with Gasteiger partial charge in [-0.15, -0.1) is 24.0 Å². The molecule has 0 radical (unpaired) electrons. The van der Waals surface area contributed by atoms with Crippen molar-refractivity contribution in [3.05, 3.63) is 21.9 Å². The Morgan fingerprint density at radius 2 is 1.92 bits per heavy atom. The number of halogens is 3. The molecule has 1 aromatic rings. The van der Waals surface area contributed by atoms with Crippen molar-refractivity contribution in [2.24, 2.45) is 12.0 Å². The summed E-state index contributed by atoms with van der Waals surface area (Å²) in [5.41, 5.74) is 0.989. The van der Waals surface area contributed by atoms with E-state index in [1.54, 1.807) is 0 Å². The minimum atomic E-state index is 0. The molecule has 0 unspecified atom stereocenters. The van der Waals surface area contributed by atoms with Crippen molar-refractivity contribution in [1.82, 2.24) is 25.0 Å². The first kappa shape index (κ1) is 23.8. The lowest BCUT2D eigenvalue weighted by Crippen LogP contribution is -2.42. The van der Waals surface area contributed by atoms with Gasteiger partial charge in [0.1, 0.15) is 5.15 Å². The van der Waals surface area contributed by atoms with Crippen molar-refractivity contribution in [3.63, 3.8) is 0 Å². The molecule has 2 N–H and O–H groups in total. The van der Waals surface area contributed by atoms with E-state index < -0.39 is 0 Å². The Morgan fingerprint density at radius 1 is 1.15 bits per heavy atom. The van der Waals surface area contributed by atoms with Crippen LogP contribution in [0.5, 0.6) is 0 Å². The third-order valence-electron chi connectivity index (χ3n) is 4.49. The normalized spacial score (nSPS) is 16.9. The van der Waals surface area contributed by atoms with Crippen LogP contribution in [0.2, 0.25) is 10.2 Å². The molecule has 26 heavy (non-hydrogen) atoms. The molecule has 150 valence electrons. The standard InChI is InChI=1S/C17H30Cl2N6.HI/c1-4-20-17(22-13-14-12-15(18)16(19)24(14)3)21-6-9-25-8-5-7-23(2)10-11-25;/h12H,4-11,13H2,1-3H3,(H2,20,21,22);1H. The van der Waals surface area contributed by atoms with Crippen LogP contribution in [0.15, 0.2) is 11.1 Å². The molecule has 1 aromatic heterocycles. The van der Waals surface area contributed by atoms with Gasteiger partial charge in [-0.1, -0.05) is 23.2 Å². The average molecular weight is 517 g/mol. The zero-order valence-electron chi connectivity index (χ0n) is 15.9. The number of nitrogens with one attached hydrogen (secondary N) is 2. The lowest BCUT2D eigenvalue weighted by Gasteiger charge is -2.21. The lowest BCUT2D eigenvalue weighted by atomic mass is 10.4. The Kier molecular flexibility index (Phi) is 11.2. The number of aliphatic imine (C=N–C) groups is 1. The predicted octanol–water partition coefficient (Wildman–Crippen LogP) is 2.64. The van der Waals surface area contributed by atoms with Crippen LogP contribution in [0.1, 0.15) is 19.0 Å². The molecule has 0 aliphatic carbocycles. The van der Waals surface area contributed by atoms with E-state index in [0.29, 0.717) is 16.7 Å². The first-order valence-corrected chi connectivity index (χ1v) is 9.69. The highest BCUT2D eigenvalue weighted by atomic mass is 127. The minimum Gasteiger partial charge on any atom is -0.357 e. The van der Waals surface area contributed by atoms with Crippen LogP contribution in [0.25, 0.3) is 0 Å². The monoisotopic (exact) mass is 516 g/mol. The summed E-state index contributed by atoms with van der Waals surface area (Å²) in [6, 6.07) is 1.87. The van der Waals surface area contributed by atoms with Gasteiger partial charge in [-0.05, 0) is 39.5 Å². The van der Waals surface area contributed by atoms with Crippen molar-refractivity contribution >= 4 is 53.1 Å². The van der Waals surface area contributed by atoms with E-state index in [1.165, 1.54) is 19.5 Å². The summed E-state index contributed by atoms with van der Waals surface area (Å²) in [7, 11) is 4.09. The second-order valence-electron chi connectivity index (χ2n) is 6.45. The maximum absolute atomic E-state index is 6.11. The molecule has 0 spiro atoms. The molecule has 1 fully saturated rings. The van der Waals surface area contributed by atoms with Gasteiger partial charge in [-0.3, -0.25) is 0 Å². The highest BCUT2D eigenvalue weighted by molar-refractivity contribution is 14.0. The number of guanidine groups is 1. The maximum atomic E-state index is 6.11. The summed E-state index contributed by atoms with van der Waals surface area (Å²) < 4.78 is 1.87. The molecule has 0 atom stereocenters. The van der Waals surface area contributed by atoms with Gasteiger partial charge in [0.05, 0.1) is 11.6 Å². The smallest absolute Gasteiger partial charge is 0.191 e. The molecule has 0 bridgehead atoms. The van der Waals surface area contributed by atoms with Crippen molar-refractivity contribution in [2.75, 3.05) is 52.9 Å². The third-order valence-corrected chi connectivity index (χ3v) is 5.33. The number of hydrogen-bond donors (Lipinski definition) is 2. The third kappa shape index (κ3) is 7.42. The van der Waals surface area contributed by atoms with Crippen LogP contribution >= 0.6 is 47.2 Å². The molecule has 6 nitrogen and oxygen atoms in total. The molecule has 1 saturated heterocycles. The Hall–Kier alpha value is -0.220. The fraction of sp³-hybridized carbons (Fsp3) is 0.706. The predicted molar refractivity (Wildman–Crippen MR) is 122 cm³/mol. The van der Waals surface area contributed by atoms with Gasteiger partial charge in [0.25, 0.3) is 0 Å². The number of likely N-dealkylation sites (N-methyl/N-ethyl adjacent to an activating group) is 1. The summed E-state index contributed by atoms with van der Waals surface area (Å²) in [5, 5.41) is 7.83. The minimum absolute atomic E-state index is 0. The van der Waals surface area contributed by atoms with Crippen molar-refractivity contribution in [2.45, 2.75) is 19.9 Å². The van der Waals surface area contributed by atoms with Crippen molar-refractivity contribution in [1.29, 1.82) is 0 Å². The van der Waals surface area contributed by atoms with E-state index in [1.807, 2.05) is 17.7 Å². The van der Waals surface area contributed by atoms with Crippen molar-refractivity contribution < 1.29 is 0 Å². The Balaban J connectivity index is 0.00000338. The highest BCUT2D eigenvalue weighted by Crippen LogP contribution is 2.25. The molecule has 2 rings (SSSR count). The fourth-order valence-electron chi connectivity index (χ4n) is 2.90. The maximum Gasteiger partial charge on any atom is 0.191 e. The molecule has 0 aromatic carbocycles. The topological polar surface area (TPSA) is 47.8 Å². The number of rotatable bonds is 6. The van der Waals surface area contributed by atoms with Gasteiger partial charge >= 0.3 is 0 Å². The van der Waals surface area contributed by atoms with Gasteiger partial charge < -0.3 is 25.0 Å². The average Bonchev–Trinajstić information content (AvgIpc) is 2.75. The van der Waals surface area contributed by atoms with E-state index in [2.05, 4.69) is 39.4 Å². The largest absolute Gasteiger partial charge is 0.357 e. The molecule has 9 heteroatoms. The second kappa shape index (κ2) is 12.3. The van der Waals surface area contributed by atoms with Gasteiger partial charge in [-0.2, -0.15) is 0 Å². The number of nitrogens with zero attached hydrogens (tertiary/aromatic N) is 4. The molecule has 0 saturated carbocycles. The van der Waals surface area contributed by atoms with Crippen LogP contribution in [-0.2, 0) is 13.6 Å². The van der Waals surface area contributed by atoms with E-state index in [9.17, 15) is 0 Å². The zero-order chi connectivity index (χ0) is 18.2. The van der Waals surface area contributed by atoms with E-state index >= 15 is 0 Å². The molecular weight excluding hydrogens is 486 g/mol. The molecule has 2 heterocycles. The Bertz CT molecular complexity index is 578. The van der Waals surface area contributed by atoms with Gasteiger partial charge in [0.2, 0.25) is 0 Å². The molecule has 1 aliphatic rings. The Labute approximate surface area is 184 Å². The van der Waals surface area contributed by atoms with Crippen LogP contribution in [-0.4, -0.2) is 73.2 Å². The summed E-state index contributed by atoms with van der Waals surface area (Å²) in [6.07, 6.45) is 1.24. The Morgan fingerprint density at radius 3 is 2.58 bits per heavy atom. The fourth-order valence-corrected chi connectivity index (χ4v) is 3.31. The SMILES string of the molecule is CCNC(=NCc1cc(Cl)c(Cl)n1C)NCCN1CCCN(C)CC1.I. The first-order valence-electron chi connectivity index (χ1n) is 8.94. The van der Waals surface area contributed by atoms with Gasteiger partial charge in [-0.25, -0.2) is 4.99 Å². The van der Waals surface area contributed by atoms with Crippen molar-refractivity contribution in [3.8, 4) is 0 Å². The van der Waals surface area contributed by atoms with Crippen LogP contribution < -0.4 is 10.6 Å². The summed E-state index contributed by atoms with van der Waals surface area (Å²) in [6.45, 7) is 9.97. The zero-order valence-corrected chi connectivity index (χ0v) is 19.7.